The van der Waals surface area contributed by atoms with Crippen molar-refractivity contribution in [2.45, 2.75) is 25.4 Å². The first-order chi connectivity index (χ1) is 9.18. The summed E-state index contributed by atoms with van der Waals surface area (Å²) in [4.78, 5) is 0. The lowest BCUT2D eigenvalue weighted by Gasteiger charge is -2.31. The molecule has 7 heteroatoms. The highest BCUT2D eigenvalue weighted by Crippen LogP contribution is 2.24. The third kappa shape index (κ3) is 8.12. The highest BCUT2D eigenvalue weighted by atomic mass is 79.9. The average molecular weight is 534 g/mol. The van der Waals surface area contributed by atoms with Crippen molar-refractivity contribution >= 4 is 63.7 Å². The Labute approximate surface area is 150 Å². The van der Waals surface area contributed by atoms with Gasteiger partial charge >= 0.3 is 0 Å². The summed E-state index contributed by atoms with van der Waals surface area (Å²) in [5.41, 5.74) is 0. The van der Waals surface area contributed by atoms with Crippen LogP contribution in [0.4, 0.5) is 0 Å². The standard InChI is InChI=1S/C12H22Br4O3/c1-17-11(9(7-15)3-5-13)19-12(18-2)10(8-16)4-6-14/h9-12H,3-8H2,1-2H3/t9-,10-,11?,12?/m1/s1. The van der Waals surface area contributed by atoms with Crippen LogP contribution in [0.2, 0.25) is 0 Å². The summed E-state index contributed by atoms with van der Waals surface area (Å²) in [5.74, 6) is 0.587. The summed E-state index contributed by atoms with van der Waals surface area (Å²) >= 11 is 14.0. The van der Waals surface area contributed by atoms with Gasteiger partial charge in [0.2, 0.25) is 0 Å². The fourth-order valence-corrected chi connectivity index (χ4v) is 4.14. The van der Waals surface area contributed by atoms with E-state index in [0.29, 0.717) is 11.8 Å². The number of methoxy groups -OCH3 is 2. The molecule has 0 amide bonds. The van der Waals surface area contributed by atoms with Gasteiger partial charge in [0.1, 0.15) is 0 Å². The Morgan fingerprint density at radius 2 is 1.11 bits per heavy atom. The second-order valence-corrected chi connectivity index (χ2v) is 7.01. The largest absolute Gasteiger partial charge is 0.355 e. The van der Waals surface area contributed by atoms with Crippen LogP contribution < -0.4 is 0 Å². The van der Waals surface area contributed by atoms with Crippen molar-refractivity contribution in [1.82, 2.24) is 0 Å². The first-order valence-electron chi connectivity index (χ1n) is 6.13. The molecule has 0 heterocycles. The molecule has 0 saturated heterocycles. The molecule has 116 valence electrons. The molecule has 0 aliphatic heterocycles. The summed E-state index contributed by atoms with van der Waals surface area (Å²) in [6.45, 7) is 0. The molecule has 0 rings (SSSR count). The van der Waals surface area contributed by atoms with E-state index >= 15 is 0 Å². The Bertz CT molecular complexity index is 189. The van der Waals surface area contributed by atoms with E-state index < -0.39 is 0 Å². The van der Waals surface area contributed by atoms with E-state index in [2.05, 4.69) is 63.7 Å². The zero-order valence-corrected chi connectivity index (χ0v) is 17.6. The second kappa shape index (κ2) is 13.5. The zero-order valence-electron chi connectivity index (χ0n) is 11.3. The van der Waals surface area contributed by atoms with Gasteiger partial charge < -0.3 is 14.2 Å². The van der Waals surface area contributed by atoms with Gasteiger partial charge in [0.25, 0.3) is 0 Å². The molecule has 0 aromatic rings. The van der Waals surface area contributed by atoms with Gasteiger partial charge in [-0.1, -0.05) is 63.7 Å². The smallest absolute Gasteiger partial charge is 0.163 e. The average Bonchev–Trinajstić information content (AvgIpc) is 2.44. The molecule has 0 saturated carbocycles. The van der Waals surface area contributed by atoms with Crippen LogP contribution in [-0.2, 0) is 14.2 Å². The topological polar surface area (TPSA) is 27.7 Å². The first kappa shape index (κ1) is 20.8. The zero-order chi connectivity index (χ0) is 14.7. The first-order valence-corrected chi connectivity index (χ1v) is 10.6. The van der Waals surface area contributed by atoms with Gasteiger partial charge in [-0.2, -0.15) is 0 Å². The molecule has 0 aliphatic rings. The minimum absolute atomic E-state index is 0.265. The van der Waals surface area contributed by atoms with Crippen molar-refractivity contribution in [3.8, 4) is 0 Å². The Morgan fingerprint density at radius 3 is 1.32 bits per heavy atom. The van der Waals surface area contributed by atoms with Crippen molar-refractivity contribution in [1.29, 1.82) is 0 Å². The van der Waals surface area contributed by atoms with Crippen molar-refractivity contribution in [2.75, 3.05) is 35.5 Å². The molecule has 0 aromatic heterocycles. The molecule has 19 heavy (non-hydrogen) atoms. The lowest BCUT2D eigenvalue weighted by molar-refractivity contribution is -0.259. The SMILES string of the molecule is COC(OC(OC)[C@@H](CBr)CCBr)[C@@H](CBr)CCBr. The summed E-state index contributed by atoms with van der Waals surface area (Å²) < 4.78 is 17.0. The maximum atomic E-state index is 6.01. The summed E-state index contributed by atoms with van der Waals surface area (Å²) in [7, 11) is 3.35. The van der Waals surface area contributed by atoms with Crippen molar-refractivity contribution in [3.63, 3.8) is 0 Å². The van der Waals surface area contributed by atoms with Crippen LogP contribution in [-0.4, -0.2) is 48.1 Å². The van der Waals surface area contributed by atoms with Crippen LogP contribution in [0.25, 0.3) is 0 Å². The quantitative estimate of drug-likeness (QED) is 0.272. The monoisotopic (exact) mass is 530 g/mol. The van der Waals surface area contributed by atoms with E-state index in [9.17, 15) is 0 Å². The van der Waals surface area contributed by atoms with Crippen molar-refractivity contribution in [2.24, 2.45) is 11.8 Å². The van der Waals surface area contributed by atoms with Crippen LogP contribution in [0.5, 0.6) is 0 Å². The normalized spacial score (nSPS) is 18.0. The van der Waals surface area contributed by atoms with Crippen molar-refractivity contribution < 1.29 is 14.2 Å². The third-order valence-electron chi connectivity index (χ3n) is 2.86. The van der Waals surface area contributed by atoms with E-state index in [4.69, 9.17) is 14.2 Å². The molecular formula is C12H22Br4O3. The van der Waals surface area contributed by atoms with Crippen LogP contribution in [0.15, 0.2) is 0 Å². The fraction of sp³-hybridized carbons (Fsp3) is 1.00. The van der Waals surface area contributed by atoms with E-state index in [1.54, 1.807) is 14.2 Å². The number of halogens is 4. The van der Waals surface area contributed by atoms with Crippen LogP contribution in [0.3, 0.4) is 0 Å². The highest BCUT2D eigenvalue weighted by Gasteiger charge is 2.28. The van der Waals surface area contributed by atoms with Gasteiger partial charge in [-0.05, 0) is 12.8 Å². The maximum absolute atomic E-state index is 6.01. The van der Waals surface area contributed by atoms with Gasteiger partial charge in [-0.25, -0.2) is 0 Å². The fourth-order valence-electron chi connectivity index (χ4n) is 1.70. The molecule has 0 fully saturated rings. The van der Waals surface area contributed by atoms with Crippen molar-refractivity contribution in [3.05, 3.63) is 0 Å². The number of rotatable bonds is 12. The number of ether oxygens (including phenoxy) is 3. The Balaban J connectivity index is 4.60. The molecule has 0 bridgehead atoms. The Hall–Kier alpha value is 1.80. The number of hydrogen-bond donors (Lipinski definition) is 0. The third-order valence-corrected chi connectivity index (χ3v) is 5.44. The molecule has 0 N–H and O–H groups in total. The lowest BCUT2D eigenvalue weighted by atomic mass is 10.1. The van der Waals surface area contributed by atoms with Gasteiger partial charge in [-0.15, -0.1) is 0 Å². The summed E-state index contributed by atoms with van der Waals surface area (Å²) in [6.07, 6.45) is 1.44. The van der Waals surface area contributed by atoms with E-state index in [1.807, 2.05) is 0 Å². The molecule has 0 aromatic carbocycles. The molecule has 0 radical (unpaired) electrons. The van der Waals surface area contributed by atoms with Gasteiger partial charge in [-0.3, -0.25) is 0 Å². The minimum Gasteiger partial charge on any atom is -0.355 e. The maximum Gasteiger partial charge on any atom is 0.163 e. The molecule has 4 atom stereocenters. The summed E-state index contributed by atoms with van der Waals surface area (Å²) in [5, 5.41) is 3.52. The molecule has 3 nitrogen and oxygen atoms in total. The van der Waals surface area contributed by atoms with Crippen LogP contribution in [0.1, 0.15) is 12.8 Å². The van der Waals surface area contributed by atoms with Gasteiger partial charge in [0, 0.05) is 47.4 Å². The van der Waals surface area contributed by atoms with Gasteiger partial charge in [0.05, 0.1) is 0 Å². The number of alkyl halides is 4. The highest BCUT2D eigenvalue weighted by molar-refractivity contribution is 9.09. The van der Waals surface area contributed by atoms with E-state index in [-0.39, 0.29) is 12.6 Å². The number of hydrogen-bond acceptors (Lipinski definition) is 3. The van der Waals surface area contributed by atoms with E-state index in [0.717, 1.165) is 34.2 Å². The predicted molar refractivity (Wildman–Crippen MR) is 94.1 cm³/mol. The van der Waals surface area contributed by atoms with Crippen LogP contribution in [0, 0.1) is 11.8 Å². The summed E-state index contributed by atoms with van der Waals surface area (Å²) in [6, 6.07) is 0. The molecule has 0 aliphatic carbocycles. The predicted octanol–water partition coefficient (Wildman–Crippen LogP) is 4.54. The van der Waals surface area contributed by atoms with E-state index in [1.165, 1.54) is 0 Å². The lowest BCUT2D eigenvalue weighted by Crippen LogP contribution is -2.37. The molecular weight excluding hydrogens is 512 g/mol. The van der Waals surface area contributed by atoms with Gasteiger partial charge in [0.15, 0.2) is 12.6 Å². The molecule has 0 spiro atoms. The molecule has 2 unspecified atom stereocenters. The van der Waals surface area contributed by atoms with Crippen LogP contribution >= 0.6 is 63.7 Å². The second-order valence-electron chi connectivity index (χ2n) is 4.13. The minimum atomic E-state index is -0.265. The Kier molecular flexibility index (Phi) is 14.7. The Morgan fingerprint density at radius 1 is 0.737 bits per heavy atom.